The fourth-order valence-corrected chi connectivity index (χ4v) is 2.00. The maximum atomic E-state index is 13.8. The van der Waals surface area contributed by atoms with Crippen LogP contribution in [-0.4, -0.2) is 23.6 Å². The van der Waals surface area contributed by atoms with Crippen molar-refractivity contribution in [1.82, 2.24) is 0 Å². The molecule has 5 nitrogen and oxygen atoms in total. The Kier molecular flexibility index (Phi) is 4.70. The molecule has 1 aromatic rings. The van der Waals surface area contributed by atoms with Gasteiger partial charge in [0.05, 0.1) is 12.3 Å². The minimum absolute atomic E-state index is 0.117. The van der Waals surface area contributed by atoms with Crippen LogP contribution in [0.3, 0.4) is 0 Å². The summed E-state index contributed by atoms with van der Waals surface area (Å²) >= 11 is 2.98. The van der Waals surface area contributed by atoms with Gasteiger partial charge >= 0.3 is 11.9 Å². The number of phenolic OH excluding ortho intramolecular Hbond substituents is 1. The molecule has 0 amide bonds. The van der Waals surface area contributed by atoms with Crippen molar-refractivity contribution >= 4 is 27.6 Å². The zero-order chi connectivity index (χ0) is 14.8. The maximum absolute atomic E-state index is 13.8. The zero-order valence-electron chi connectivity index (χ0n) is 9.99. The number of nitrogens with two attached hydrogens (primary N) is 2. The highest BCUT2D eigenvalue weighted by atomic mass is 79.9. The number of phenols is 1. The molecule has 0 aliphatic heterocycles. The average molecular weight is 339 g/mol. The molecule has 0 unspecified atom stereocenters. The fourth-order valence-electron chi connectivity index (χ4n) is 1.43. The first-order valence-electron chi connectivity index (χ1n) is 5.30. The quantitative estimate of drug-likeness (QED) is 0.442. The summed E-state index contributed by atoms with van der Waals surface area (Å²) in [6.07, 6.45) is 0. The lowest BCUT2D eigenvalue weighted by Crippen LogP contribution is -2.42. The summed E-state index contributed by atoms with van der Waals surface area (Å²) in [5.74, 6) is -6.33. The van der Waals surface area contributed by atoms with Crippen LogP contribution in [0.15, 0.2) is 16.6 Å². The van der Waals surface area contributed by atoms with E-state index in [0.717, 1.165) is 0 Å². The van der Waals surface area contributed by atoms with Crippen LogP contribution < -0.4 is 11.5 Å². The van der Waals surface area contributed by atoms with Gasteiger partial charge in [-0.2, -0.15) is 8.78 Å². The van der Waals surface area contributed by atoms with Crippen molar-refractivity contribution in [3.8, 4) is 5.75 Å². The number of esters is 1. The number of nitrogen functional groups attached to an aromatic ring is 1. The van der Waals surface area contributed by atoms with E-state index in [1.165, 1.54) is 19.1 Å². The lowest BCUT2D eigenvalue weighted by molar-refractivity contribution is -0.174. The van der Waals surface area contributed by atoms with Crippen LogP contribution in [-0.2, 0) is 9.53 Å². The van der Waals surface area contributed by atoms with E-state index in [1.807, 2.05) is 0 Å². The van der Waals surface area contributed by atoms with Gasteiger partial charge in [0.25, 0.3) is 0 Å². The number of carbonyl (C=O) groups excluding carboxylic acids is 1. The van der Waals surface area contributed by atoms with Gasteiger partial charge in [-0.25, -0.2) is 4.79 Å². The van der Waals surface area contributed by atoms with Crippen molar-refractivity contribution in [1.29, 1.82) is 0 Å². The van der Waals surface area contributed by atoms with Gasteiger partial charge in [-0.05, 0) is 19.1 Å². The molecular formula is C11H13BrF2N2O3. The predicted octanol–water partition coefficient (Wildman–Crippen LogP) is 1.94. The first kappa shape index (κ1) is 15.6. The summed E-state index contributed by atoms with van der Waals surface area (Å²) in [6, 6.07) is 0.591. The highest BCUT2D eigenvalue weighted by Crippen LogP contribution is 2.41. The molecule has 0 saturated carbocycles. The van der Waals surface area contributed by atoms with Crippen molar-refractivity contribution in [2.24, 2.45) is 5.73 Å². The molecule has 0 aliphatic rings. The molecule has 0 bridgehead atoms. The molecule has 1 rings (SSSR count). The van der Waals surface area contributed by atoms with Gasteiger partial charge in [-0.15, -0.1) is 0 Å². The van der Waals surface area contributed by atoms with E-state index in [1.54, 1.807) is 0 Å². The molecule has 0 aromatic heterocycles. The monoisotopic (exact) mass is 338 g/mol. The van der Waals surface area contributed by atoms with Gasteiger partial charge in [0.15, 0.2) is 0 Å². The molecule has 1 aromatic carbocycles. The third-order valence-corrected chi connectivity index (χ3v) is 3.14. The first-order chi connectivity index (χ1) is 8.73. The van der Waals surface area contributed by atoms with Crippen LogP contribution in [0, 0.1) is 0 Å². The Bertz CT molecular complexity index is 497. The third kappa shape index (κ3) is 2.95. The van der Waals surface area contributed by atoms with E-state index in [4.69, 9.17) is 11.5 Å². The fraction of sp³-hybridized carbons (Fsp3) is 0.364. The van der Waals surface area contributed by atoms with Crippen molar-refractivity contribution in [3.63, 3.8) is 0 Å². The van der Waals surface area contributed by atoms with E-state index in [9.17, 15) is 18.7 Å². The summed E-state index contributed by atoms with van der Waals surface area (Å²) in [6.45, 7) is 1.19. The molecule has 0 spiro atoms. The lowest BCUT2D eigenvalue weighted by Gasteiger charge is -2.23. The smallest absolute Gasteiger partial charge is 0.379 e. The Hall–Kier alpha value is -1.41. The topological polar surface area (TPSA) is 98.6 Å². The van der Waals surface area contributed by atoms with Crippen molar-refractivity contribution < 1.29 is 23.4 Å². The normalized spacial score (nSPS) is 13.1. The molecule has 106 valence electrons. The van der Waals surface area contributed by atoms with Crippen LogP contribution in [0.1, 0.15) is 18.5 Å². The minimum atomic E-state index is -3.98. The maximum Gasteiger partial charge on any atom is 0.379 e. The van der Waals surface area contributed by atoms with Crippen LogP contribution in [0.25, 0.3) is 0 Å². The Morgan fingerprint density at radius 1 is 1.58 bits per heavy atom. The standard InChI is InChI=1S/C11H13BrF2N2O3/c1-2-19-10(18)11(13,14)9(16)7-5(12)3-4-6(15)8(7)17/h3-4,9,17H,2,15-16H2,1H3/t9-/m1/s1. The van der Waals surface area contributed by atoms with E-state index in [0.29, 0.717) is 0 Å². The van der Waals surface area contributed by atoms with Crippen molar-refractivity contribution in [3.05, 3.63) is 22.2 Å². The van der Waals surface area contributed by atoms with E-state index < -0.39 is 23.7 Å². The van der Waals surface area contributed by atoms with Crippen LogP contribution in [0.4, 0.5) is 14.5 Å². The molecule has 8 heteroatoms. The number of rotatable bonds is 4. The van der Waals surface area contributed by atoms with Gasteiger partial charge in [0.2, 0.25) is 0 Å². The second-order valence-electron chi connectivity index (χ2n) is 3.72. The number of aromatic hydroxyl groups is 1. The number of halogens is 3. The van der Waals surface area contributed by atoms with Gasteiger partial charge < -0.3 is 21.3 Å². The number of hydrogen-bond donors (Lipinski definition) is 3. The Labute approximate surface area is 116 Å². The van der Waals surface area contributed by atoms with Gasteiger partial charge in [-0.3, -0.25) is 0 Å². The second-order valence-corrected chi connectivity index (χ2v) is 4.57. The average Bonchev–Trinajstić information content (AvgIpc) is 2.34. The number of benzene rings is 1. The summed E-state index contributed by atoms with van der Waals surface area (Å²) in [5, 5.41) is 9.70. The molecule has 0 aliphatic carbocycles. The molecule has 0 fully saturated rings. The van der Waals surface area contributed by atoms with Crippen molar-refractivity contribution in [2.45, 2.75) is 18.9 Å². The van der Waals surface area contributed by atoms with Crippen molar-refractivity contribution in [2.75, 3.05) is 12.3 Å². The third-order valence-electron chi connectivity index (χ3n) is 2.44. The van der Waals surface area contributed by atoms with E-state index >= 15 is 0 Å². The number of hydrogen-bond acceptors (Lipinski definition) is 5. The second kappa shape index (κ2) is 5.70. The summed E-state index contributed by atoms with van der Waals surface area (Å²) in [5.41, 5.74) is 10.3. The number of carbonyl (C=O) groups is 1. The van der Waals surface area contributed by atoms with Gasteiger partial charge in [0, 0.05) is 10.0 Å². The Morgan fingerprint density at radius 3 is 2.68 bits per heavy atom. The molecule has 5 N–H and O–H groups in total. The summed E-state index contributed by atoms with van der Waals surface area (Å²) in [4.78, 5) is 11.2. The Balaban J connectivity index is 3.23. The van der Waals surface area contributed by atoms with Crippen LogP contribution >= 0.6 is 15.9 Å². The highest BCUT2D eigenvalue weighted by Gasteiger charge is 2.49. The molecule has 0 radical (unpaired) electrons. The largest absolute Gasteiger partial charge is 0.505 e. The zero-order valence-corrected chi connectivity index (χ0v) is 11.6. The molecular weight excluding hydrogens is 326 g/mol. The number of ether oxygens (including phenoxy) is 1. The lowest BCUT2D eigenvalue weighted by atomic mass is 9.99. The van der Waals surface area contributed by atoms with E-state index in [2.05, 4.69) is 20.7 Å². The number of alkyl halides is 2. The summed E-state index contributed by atoms with van der Waals surface area (Å²) in [7, 11) is 0. The number of anilines is 1. The molecule has 1 atom stereocenters. The molecule has 0 heterocycles. The van der Waals surface area contributed by atoms with Crippen LogP contribution in [0.5, 0.6) is 5.75 Å². The molecule has 19 heavy (non-hydrogen) atoms. The predicted molar refractivity (Wildman–Crippen MR) is 68.7 cm³/mol. The van der Waals surface area contributed by atoms with Crippen LogP contribution in [0.2, 0.25) is 0 Å². The first-order valence-corrected chi connectivity index (χ1v) is 6.10. The minimum Gasteiger partial charge on any atom is -0.505 e. The van der Waals surface area contributed by atoms with Gasteiger partial charge in [-0.1, -0.05) is 15.9 Å². The molecule has 0 saturated heterocycles. The van der Waals surface area contributed by atoms with E-state index in [-0.39, 0.29) is 22.3 Å². The Morgan fingerprint density at radius 2 is 2.16 bits per heavy atom. The van der Waals surface area contributed by atoms with Gasteiger partial charge in [0.1, 0.15) is 11.8 Å². The SMILES string of the molecule is CCOC(=O)C(F)(F)[C@H](N)c1c(Br)ccc(N)c1O. The summed E-state index contributed by atoms with van der Waals surface area (Å²) < 4.78 is 32.0. The highest BCUT2D eigenvalue weighted by molar-refractivity contribution is 9.10.